The highest BCUT2D eigenvalue weighted by atomic mass is 16.5. The lowest BCUT2D eigenvalue weighted by Crippen LogP contribution is -2.29. The largest absolute Gasteiger partial charge is 0.474 e. The van der Waals surface area contributed by atoms with Gasteiger partial charge in [0.25, 0.3) is 0 Å². The van der Waals surface area contributed by atoms with Crippen molar-refractivity contribution in [3.8, 4) is 11.9 Å². The van der Waals surface area contributed by atoms with E-state index in [9.17, 15) is 0 Å². The van der Waals surface area contributed by atoms with Crippen LogP contribution in [0.2, 0.25) is 0 Å². The van der Waals surface area contributed by atoms with Gasteiger partial charge in [0, 0.05) is 12.3 Å². The van der Waals surface area contributed by atoms with Crippen LogP contribution in [0.5, 0.6) is 5.88 Å². The fraction of sp³-hybridized carbons (Fsp3) is 0.571. The van der Waals surface area contributed by atoms with Gasteiger partial charge in [-0.05, 0) is 37.2 Å². The molecule has 1 aliphatic carbocycles. The monoisotopic (exact) mass is 230 g/mol. The molecule has 0 bridgehead atoms. The first-order chi connectivity index (χ1) is 8.19. The Balaban J connectivity index is 1.99. The minimum atomic E-state index is 0.252. The summed E-state index contributed by atoms with van der Waals surface area (Å²) >= 11 is 0. The van der Waals surface area contributed by atoms with Crippen LogP contribution in [0.15, 0.2) is 18.3 Å². The first kappa shape index (κ1) is 11.9. The summed E-state index contributed by atoms with van der Waals surface area (Å²) in [5.41, 5.74) is 0.604. The van der Waals surface area contributed by atoms with Gasteiger partial charge in [-0.1, -0.05) is 13.8 Å². The molecule has 1 fully saturated rings. The summed E-state index contributed by atoms with van der Waals surface area (Å²) in [4.78, 5) is 4.15. The lowest BCUT2D eigenvalue weighted by atomic mass is 9.80. The molecule has 3 heteroatoms. The number of nitriles is 1. The van der Waals surface area contributed by atoms with Crippen LogP contribution in [-0.4, -0.2) is 11.1 Å². The van der Waals surface area contributed by atoms with E-state index in [-0.39, 0.29) is 6.10 Å². The predicted molar refractivity (Wildman–Crippen MR) is 65.5 cm³/mol. The normalized spacial score (nSPS) is 28.4. The van der Waals surface area contributed by atoms with Crippen LogP contribution in [-0.2, 0) is 0 Å². The Morgan fingerprint density at radius 2 is 2.18 bits per heavy atom. The molecule has 1 saturated carbocycles. The molecule has 3 nitrogen and oxygen atoms in total. The van der Waals surface area contributed by atoms with Gasteiger partial charge in [-0.25, -0.2) is 4.98 Å². The van der Waals surface area contributed by atoms with E-state index in [0.29, 0.717) is 17.4 Å². The van der Waals surface area contributed by atoms with E-state index in [0.717, 1.165) is 18.8 Å². The molecule has 1 aromatic heterocycles. The molecule has 1 heterocycles. The topological polar surface area (TPSA) is 45.9 Å². The van der Waals surface area contributed by atoms with E-state index in [1.807, 2.05) is 0 Å². The average Bonchev–Trinajstić information content (AvgIpc) is 2.34. The van der Waals surface area contributed by atoms with Gasteiger partial charge >= 0.3 is 0 Å². The summed E-state index contributed by atoms with van der Waals surface area (Å²) in [5, 5.41) is 8.81. The maximum Gasteiger partial charge on any atom is 0.214 e. The number of ether oxygens (including phenoxy) is 1. The van der Waals surface area contributed by atoms with E-state index in [2.05, 4.69) is 24.9 Å². The maximum absolute atomic E-state index is 8.81. The standard InChI is InChI=1S/C14H18N2O/c1-10-3-4-13(7-11(10)2)17-14-8-12(9-15)5-6-16-14/h5-6,8,10-11,13H,3-4,7H2,1-2H3. The molecular weight excluding hydrogens is 212 g/mol. The summed E-state index contributed by atoms with van der Waals surface area (Å²) in [6, 6.07) is 5.50. The highest BCUT2D eigenvalue weighted by molar-refractivity contribution is 5.31. The zero-order chi connectivity index (χ0) is 12.3. The van der Waals surface area contributed by atoms with E-state index in [1.165, 1.54) is 6.42 Å². The highest BCUT2D eigenvalue weighted by Crippen LogP contribution is 2.31. The number of pyridine rings is 1. The second-order valence-corrected chi connectivity index (χ2v) is 5.00. The predicted octanol–water partition coefficient (Wildman–Crippen LogP) is 3.16. The summed E-state index contributed by atoms with van der Waals surface area (Å²) in [6.07, 6.45) is 5.26. The van der Waals surface area contributed by atoms with Gasteiger partial charge in [0.05, 0.1) is 11.6 Å². The van der Waals surface area contributed by atoms with Crippen LogP contribution < -0.4 is 4.74 Å². The van der Waals surface area contributed by atoms with Crippen LogP contribution in [0.1, 0.15) is 38.7 Å². The van der Waals surface area contributed by atoms with Crippen LogP contribution >= 0.6 is 0 Å². The third-order valence-corrected chi connectivity index (χ3v) is 3.70. The number of hydrogen-bond acceptors (Lipinski definition) is 3. The third kappa shape index (κ3) is 2.97. The molecular formula is C14H18N2O. The van der Waals surface area contributed by atoms with Gasteiger partial charge in [0.2, 0.25) is 5.88 Å². The van der Waals surface area contributed by atoms with Crippen molar-refractivity contribution in [2.24, 2.45) is 11.8 Å². The Bertz CT molecular complexity index is 424. The molecule has 1 aliphatic rings. The molecule has 3 atom stereocenters. The van der Waals surface area contributed by atoms with Crippen molar-refractivity contribution in [3.05, 3.63) is 23.9 Å². The van der Waals surface area contributed by atoms with Crippen molar-refractivity contribution in [2.75, 3.05) is 0 Å². The second kappa shape index (κ2) is 5.18. The van der Waals surface area contributed by atoms with Crippen LogP contribution in [0.3, 0.4) is 0 Å². The molecule has 0 amide bonds. The molecule has 0 spiro atoms. The minimum absolute atomic E-state index is 0.252. The number of nitrogens with zero attached hydrogens (tertiary/aromatic N) is 2. The molecule has 90 valence electrons. The molecule has 0 N–H and O–H groups in total. The van der Waals surface area contributed by atoms with Gasteiger partial charge in [0.1, 0.15) is 6.10 Å². The molecule has 0 saturated heterocycles. The van der Waals surface area contributed by atoms with Gasteiger partial charge in [0.15, 0.2) is 0 Å². The smallest absolute Gasteiger partial charge is 0.214 e. The van der Waals surface area contributed by atoms with Gasteiger partial charge in [-0.15, -0.1) is 0 Å². The van der Waals surface area contributed by atoms with Crippen LogP contribution in [0, 0.1) is 23.2 Å². The van der Waals surface area contributed by atoms with Crippen molar-refractivity contribution < 1.29 is 4.74 Å². The van der Waals surface area contributed by atoms with Crippen molar-refractivity contribution in [3.63, 3.8) is 0 Å². The fourth-order valence-corrected chi connectivity index (χ4v) is 2.32. The lowest BCUT2D eigenvalue weighted by molar-refractivity contribution is 0.0964. The molecule has 2 rings (SSSR count). The van der Waals surface area contributed by atoms with Crippen molar-refractivity contribution >= 4 is 0 Å². The first-order valence-electron chi connectivity index (χ1n) is 6.22. The van der Waals surface area contributed by atoms with E-state index < -0.39 is 0 Å². The SMILES string of the molecule is CC1CCC(Oc2cc(C#N)ccn2)CC1C. The molecule has 0 aliphatic heterocycles. The summed E-state index contributed by atoms with van der Waals surface area (Å²) in [7, 11) is 0. The minimum Gasteiger partial charge on any atom is -0.474 e. The lowest BCUT2D eigenvalue weighted by Gasteiger charge is -2.31. The zero-order valence-corrected chi connectivity index (χ0v) is 10.4. The van der Waals surface area contributed by atoms with E-state index >= 15 is 0 Å². The average molecular weight is 230 g/mol. The highest BCUT2D eigenvalue weighted by Gasteiger charge is 2.25. The Labute approximate surface area is 102 Å². The van der Waals surface area contributed by atoms with Crippen molar-refractivity contribution in [1.29, 1.82) is 5.26 Å². The number of hydrogen-bond donors (Lipinski definition) is 0. The zero-order valence-electron chi connectivity index (χ0n) is 10.4. The second-order valence-electron chi connectivity index (χ2n) is 5.00. The molecule has 0 aromatic carbocycles. The third-order valence-electron chi connectivity index (χ3n) is 3.70. The van der Waals surface area contributed by atoms with Crippen LogP contribution in [0.25, 0.3) is 0 Å². The Morgan fingerprint density at radius 3 is 2.88 bits per heavy atom. The van der Waals surface area contributed by atoms with Crippen molar-refractivity contribution in [2.45, 2.75) is 39.2 Å². The van der Waals surface area contributed by atoms with Crippen LogP contribution in [0.4, 0.5) is 0 Å². The molecule has 0 radical (unpaired) electrons. The maximum atomic E-state index is 8.81. The Kier molecular flexibility index (Phi) is 3.63. The van der Waals surface area contributed by atoms with Gasteiger partial charge < -0.3 is 4.74 Å². The Hall–Kier alpha value is -1.56. The van der Waals surface area contributed by atoms with Gasteiger partial charge in [-0.3, -0.25) is 0 Å². The molecule has 3 unspecified atom stereocenters. The first-order valence-corrected chi connectivity index (χ1v) is 6.22. The summed E-state index contributed by atoms with van der Waals surface area (Å²) in [6.45, 7) is 4.58. The van der Waals surface area contributed by atoms with Gasteiger partial charge in [-0.2, -0.15) is 5.26 Å². The number of rotatable bonds is 2. The van der Waals surface area contributed by atoms with E-state index in [1.54, 1.807) is 18.3 Å². The van der Waals surface area contributed by atoms with Crippen molar-refractivity contribution in [1.82, 2.24) is 4.98 Å². The Morgan fingerprint density at radius 1 is 1.35 bits per heavy atom. The quantitative estimate of drug-likeness (QED) is 0.784. The fourth-order valence-electron chi connectivity index (χ4n) is 2.32. The summed E-state index contributed by atoms with van der Waals surface area (Å²) in [5.74, 6) is 2.07. The van der Waals surface area contributed by atoms with E-state index in [4.69, 9.17) is 10.00 Å². The molecule has 17 heavy (non-hydrogen) atoms. The summed E-state index contributed by atoms with van der Waals surface area (Å²) < 4.78 is 5.85. The number of aromatic nitrogens is 1. The molecule has 1 aromatic rings.